The first-order valence-corrected chi connectivity index (χ1v) is 5.10. The SMILES string of the molecule is Cc1ccccc1N(C)C(=O)CC(C)N. The molecule has 0 aliphatic rings. The van der Waals surface area contributed by atoms with E-state index in [9.17, 15) is 4.79 Å². The highest BCUT2D eigenvalue weighted by atomic mass is 16.2. The smallest absolute Gasteiger partial charge is 0.228 e. The van der Waals surface area contributed by atoms with Crippen molar-refractivity contribution in [1.82, 2.24) is 0 Å². The summed E-state index contributed by atoms with van der Waals surface area (Å²) < 4.78 is 0. The fourth-order valence-electron chi connectivity index (χ4n) is 1.49. The summed E-state index contributed by atoms with van der Waals surface area (Å²) in [6.07, 6.45) is 0.380. The second kappa shape index (κ2) is 4.94. The number of benzene rings is 1. The molecular formula is C12H18N2O. The van der Waals surface area contributed by atoms with E-state index < -0.39 is 0 Å². The molecule has 82 valence electrons. The summed E-state index contributed by atoms with van der Waals surface area (Å²) in [5.74, 6) is 0.0549. The lowest BCUT2D eigenvalue weighted by Crippen LogP contribution is -2.32. The summed E-state index contributed by atoms with van der Waals surface area (Å²) in [6.45, 7) is 3.83. The molecule has 1 amide bonds. The summed E-state index contributed by atoms with van der Waals surface area (Å²) in [4.78, 5) is 13.4. The van der Waals surface area contributed by atoms with Crippen molar-refractivity contribution in [3.8, 4) is 0 Å². The van der Waals surface area contributed by atoms with Gasteiger partial charge in [-0.1, -0.05) is 18.2 Å². The van der Waals surface area contributed by atoms with Crippen LogP contribution < -0.4 is 10.6 Å². The maximum Gasteiger partial charge on any atom is 0.228 e. The molecule has 0 bridgehead atoms. The van der Waals surface area contributed by atoms with Crippen LogP contribution in [0.1, 0.15) is 18.9 Å². The first-order chi connectivity index (χ1) is 7.02. The lowest BCUT2D eigenvalue weighted by Gasteiger charge is -2.20. The average molecular weight is 206 g/mol. The number of carbonyl (C=O) groups excluding carboxylic acids is 1. The minimum absolute atomic E-state index is 0.0549. The zero-order chi connectivity index (χ0) is 11.4. The van der Waals surface area contributed by atoms with Crippen LogP contribution in [0.5, 0.6) is 0 Å². The van der Waals surface area contributed by atoms with Crippen LogP contribution in [0.25, 0.3) is 0 Å². The highest BCUT2D eigenvalue weighted by Gasteiger charge is 2.13. The van der Waals surface area contributed by atoms with Gasteiger partial charge in [0.05, 0.1) is 0 Å². The van der Waals surface area contributed by atoms with Gasteiger partial charge in [-0.05, 0) is 25.5 Å². The predicted molar refractivity (Wildman–Crippen MR) is 62.9 cm³/mol. The number of aryl methyl sites for hydroxylation is 1. The fourth-order valence-corrected chi connectivity index (χ4v) is 1.49. The van der Waals surface area contributed by atoms with Gasteiger partial charge in [0.25, 0.3) is 0 Å². The highest BCUT2D eigenvalue weighted by molar-refractivity contribution is 5.93. The van der Waals surface area contributed by atoms with E-state index in [1.807, 2.05) is 38.1 Å². The Balaban J connectivity index is 2.81. The van der Waals surface area contributed by atoms with Gasteiger partial charge in [-0.25, -0.2) is 0 Å². The second-order valence-corrected chi connectivity index (χ2v) is 3.92. The fraction of sp³-hybridized carbons (Fsp3) is 0.417. The topological polar surface area (TPSA) is 46.3 Å². The Morgan fingerprint density at radius 1 is 1.47 bits per heavy atom. The van der Waals surface area contributed by atoms with Crippen LogP contribution in [0.4, 0.5) is 5.69 Å². The third-order valence-electron chi connectivity index (χ3n) is 2.35. The number of hydrogen-bond donors (Lipinski definition) is 1. The number of amides is 1. The average Bonchev–Trinajstić information content (AvgIpc) is 2.16. The normalized spacial score (nSPS) is 12.3. The first-order valence-electron chi connectivity index (χ1n) is 5.10. The van der Waals surface area contributed by atoms with Gasteiger partial charge in [0, 0.05) is 25.2 Å². The van der Waals surface area contributed by atoms with Crippen LogP contribution in [-0.2, 0) is 4.79 Å². The lowest BCUT2D eigenvalue weighted by atomic mass is 10.1. The molecule has 0 aromatic heterocycles. The van der Waals surface area contributed by atoms with Gasteiger partial charge in [-0.15, -0.1) is 0 Å². The van der Waals surface area contributed by atoms with Crippen LogP contribution in [-0.4, -0.2) is 19.0 Å². The minimum Gasteiger partial charge on any atom is -0.327 e. The zero-order valence-corrected chi connectivity index (χ0v) is 9.53. The van der Waals surface area contributed by atoms with Crippen molar-refractivity contribution in [3.63, 3.8) is 0 Å². The summed E-state index contributed by atoms with van der Waals surface area (Å²) in [5, 5.41) is 0. The lowest BCUT2D eigenvalue weighted by molar-refractivity contribution is -0.118. The molecular weight excluding hydrogens is 188 g/mol. The molecule has 0 saturated carbocycles. The van der Waals surface area contributed by atoms with Gasteiger partial charge in [-0.3, -0.25) is 4.79 Å². The Kier molecular flexibility index (Phi) is 3.86. The number of rotatable bonds is 3. The molecule has 1 aromatic rings. The van der Waals surface area contributed by atoms with Crippen LogP contribution in [0.15, 0.2) is 24.3 Å². The van der Waals surface area contributed by atoms with Gasteiger partial charge in [0.1, 0.15) is 0 Å². The van der Waals surface area contributed by atoms with Crippen LogP contribution in [0, 0.1) is 6.92 Å². The van der Waals surface area contributed by atoms with E-state index in [2.05, 4.69) is 0 Å². The Hall–Kier alpha value is -1.35. The van der Waals surface area contributed by atoms with Gasteiger partial charge in [-0.2, -0.15) is 0 Å². The quantitative estimate of drug-likeness (QED) is 0.818. The number of anilines is 1. The second-order valence-electron chi connectivity index (χ2n) is 3.92. The summed E-state index contributed by atoms with van der Waals surface area (Å²) in [5.41, 5.74) is 7.64. The Labute approximate surface area is 90.9 Å². The van der Waals surface area contributed by atoms with Crippen LogP contribution in [0.2, 0.25) is 0 Å². The molecule has 3 nitrogen and oxygen atoms in total. The molecule has 2 N–H and O–H groups in total. The third-order valence-corrected chi connectivity index (χ3v) is 2.35. The van der Waals surface area contributed by atoms with E-state index in [4.69, 9.17) is 5.73 Å². The molecule has 0 heterocycles. The van der Waals surface area contributed by atoms with Crippen molar-refractivity contribution in [2.75, 3.05) is 11.9 Å². The molecule has 3 heteroatoms. The Bertz CT molecular complexity index is 347. The van der Waals surface area contributed by atoms with E-state index in [-0.39, 0.29) is 11.9 Å². The van der Waals surface area contributed by atoms with Crippen molar-refractivity contribution in [2.24, 2.45) is 5.73 Å². The molecule has 0 aliphatic carbocycles. The van der Waals surface area contributed by atoms with E-state index in [0.717, 1.165) is 11.3 Å². The van der Waals surface area contributed by atoms with Gasteiger partial charge in [0.2, 0.25) is 5.91 Å². The van der Waals surface area contributed by atoms with Crippen molar-refractivity contribution >= 4 is 11.6 Å². The zero-order valence-electron chi connectivity index (χ0n) is 9.53. The molecule has 0 spiro atoms. The van der Waals surface area contributed by atoms with Gasteiger partial charge >= 0.3 is 0 Å². The van der Waals surface area contributed by atoms with Crippen molar-refractivity contribution in [3.05, 3.63) is 29.8 Å². The molecule has 0 fully saturated rings. The number of para-hydroxylation sites is 1. The van der Waals surface area contributed by atoms with Crippen molar-refractivity contribution < 1.29 is 4.79 Å². The van der Waals surface area contributed by atoms with E-state index in [1.165, 1.54) is 0 Å². The monoisotopic (exact) mass is 206 g/mol. The van der Waals surface area contributed by atoms with Crippen molar-refractivity contribution in [1.29, 1.82) is 0 Å². The standard InChI is InChI=1S/C12H18N2O/c1-9-6-4-5-7-11(9)14(3)12(15)8-10(2)13/h4-7,10H,8,13H2,1-3H3. The molecule has 1 aromatic carbocycles. The van der Waals surface area contributed by atoms with E-state index in [1.54, 1.807) is 11.9 Å². The predicted octanol–water partition coefficient (Wildman–Crippen LogP) is 1.70. The van der Waals surface area contributed by atoms with Crippen LogP contribution in [0.3, 0.4) is 0 Å². The van der Waals surface area contributed by atoms with Crippen LogP contribution >= 0.6 is 0 Å². The van der Waals surface area contributed by atoms with E-state index in [0.29, 0.717) is 6.42 Å². The molecule has 15 heavy (non-hydrogen) atoms. The third kappa shape index (κ3) is 3.06. The summed E-state index contributed by atoms with van der Waals surface area (Å²) in [6, 6.07) is 7.73. The summed E-state index contributed by atoms with van der Waals surface area (Å²) in [7, 11) is 1.78. The minimum atomic E-state index is -0.0935. The molecule has 1 atom stereocenters. The molecule has 0 aliphatic heterocycles. The van der Waals surface area contributed by atoms with E-state index >= 15 is 0 Å². The largest absolute Gasteiger partial charge is 0.327 e. The maximum atomic E-state index is 11.8. The van der Waals surface area contributed by atoms with Crippen molar-refractivity contribution in [2.45, 2.75) is 26.3 Å². The maximum absolute atomic E-state index is 11.8. The molecule has 0 radical (unpaired) electrons. The number of hydrogen-bond acceptors (Lipinski definition) is 2. The Morgan fingerprint density at radius 2 is 2.07 bits per heavy atom. The highest BCUT2D eigenvalue weighted by Crippen LogP contribution is 2.18. The van der Waals surface area contributed by atoms with Gasteiger partial charge in [0.15, 0.2) is 0 Å². The summed E-state index contributed by atoms with van der Waals surface area (Å²) >= 11 is 0. The van der Waals surface area contributed by atoms with Gasteiger partial charge < -0.3 is 10.6 Å². The number of carbonyl (C=O) groups is 1. The number of nitrogens with two attached hydrogens (primary N) is 1. The number of nitrogens with zero attached hydrogens (tertiary/aromatic N) is 1. The molecule has 1 rings (SSSR count). The first kappa shape index (κ1) is 11.7. The molecule has 1 unspecified atom stereocenters. The molecule has 0 saturated heterocycles. The Morgan fingerprint density at radius 3 is 2.60 bits per heavy atom.